The Kier molecular flexibility index (Phi) is 5.58. The minimum atomic E-state index is 0.440. The van der Waals surface area contributed by atoms with Gasteiger partial charge in [-0.05, 0) is 53.5 Å². The second-order valence-corrected chi connectivity index (χ2v) is 5.92. The molecule has 1 aromatic carbocycles. The lowest BCUT2D eigenvalue weighted by Crippen LogP contribution is -2.07. The number of nitriles is 2. The zero-order valence-corrected chi connectivity index (χ0v) is 12.3. The summed E-state index contributed by atoms with van der Waals surface area (Å²) in [4.78, 5) is 0. The third kappa shape index (κ3) is 4.42. The average Bonchev–Trinajstić information content (AvgIpc) is 2.31. The maximum absolute atomic E-state index is 9.16. The van der Waals surface area contributed by atoms with Crippen LogP contribution in [0.3, 0.4) is 0 Å². The molecule has 0 saturated heterocycles. The van der Waals surface area contributed by atoms with E-state index in [9.17, 15) is 0 Å². The summed E-state index contributed by atoms with van der Waals surface area (Å²) in [5.74, 6) is 1.05. The molecule has 1 aromatic rings. The number of hydrogen-bond acceptors (Lipinski definition) is 2. The molecular weight excluding hydrogens is 232 g/mol. The highest BCUT2D eigenvalue weighted by Crippen LogP contribution is 2.23. The summed E-state index contributed by atoms with van der Waals surface area (Å²) in [6.07, 6.45) is 2.30. The predicted octanol–water partition coefficient (Wildman–Crippen LogP) is 4.02. The minimum absolute atomic E-state index is 0.440. The molecule has 0 atom stereocenters. The molecule has 0 aliphatic carbocycles. The molecule has 0 bridgehead atoms. The zero-order valence-electron chi connectivity index (χ0n) is 12.3. The Morgan fingerprint density at radius 3 is 1.74 bits per heavy atom. The molecule has 0 aromatic heterocycles. The predicted molar refractivity (Wildman–Crippen MR) is 77.6 cm³/mol. The van der Waals surface area contributed by atoms with E-state index in [4.69, 9.17) is 10.5 Å². The van der Waals surface area contributed by atoms with Crippen molar-refractivity contribution in [3.63, 3.8) is 0 Å². The van der Waals surface area contributed by atoms with E-state index in [1.165, 1.54) is 11.1 Å². The lowest BCUT2D eigenvalue weighted by molar-refractivity contribution is 0.629. The van der Waals surface area contributed by atoms with Gasteiger partial charge in [-0.15, -0.1) is 0 Å². The van der Waals surface area contributed by atoms with Crippen molar-refractivity contribution < 1.29 is 0 Å². The van der Waals surface area contributed by atoms with E-state index in [2.05, 4.69) is 39.8 Å². The summed E-state index contributed by atoms with van der Waals surface area (Å²) in [6, 6.07) is 8.42. The van der Waals surface area contributed by atoms with E-state index >= 15 is 0 Å². The largest absolute Gasteiger partial charge is 0.198 e. The Labute approximate surface area is 116 Å². The van der Waals surface area contributed by atoms with Gasteiger partial charge in [-0.25, -0.2) is 0 Å². The first kappa shape index (κ1) is 15.3. The van der Waals surface area contributed by atoms with Crippen LogP contribution in [-0.2, 0) is 19.3 Å². The summed E-state index contributed by atoms with van der Waals surface area (Å²) in [5, 5.41) is 18.2. The van der Waals surface area contributed by atoms with Gasteiger partial charge < -0.3 is 0 Å². The van der Waals surface area contributed by atoms with Gasteiger partial charge in [-0.2, -0.15) is 10.5 Å². The van der Waals surface area contributed by atoms with Gasteiger partial charge in [-0.1, -0.05) is 27.7 Å². The van der Waals surface area contributed by atoms with Crippen molar-refractivity contribution in [1.29, 1.82) is 10.5 Å². The quantitative estimate of drug-likeness (QED) is 0.796. The summed E-state index contributed by atoms with van der Waals surface area (Å²) < 4.78 is 0. The van der Waals surface area contributed by atoms with E-state index in [1.54, 1.807) is 0 Å². The number of benzene rings is 1. The normalized spacial score (nSPS) is 10.5. The molecule has 2 heteroatoms. The van der Waals surface area contributed by atoms with E-state index in [1.807, 2.05) is 12.1 Å². The fourth-order valence-electron chi connectivity index (χ4n) is 2.41. The Balaban J connectivity index is 3.33. The van der Waals surface area contributed by atoms with Gasteiger partial charge in [0.25, 0.3) is 0 Å². The van der Waals surface area contributed by atoms with Crippen molar-refractivity contribution in [2.75, 3.05) is 0 Å². The van der Waals surface area contributed by atoms with Crippen molar-refractivity contribution in [3.8, 4) is 12.1 Å². The zero-order chi connectivity index (χ0) is 14.4. The lowest BCUT2D eigenvalue weighted by atomic mass is 9.87. The maximum atomic E-state index is 9.16. The lowest BCUT2D eigenvalue weighted by Gasteiger charge is -2.16. The van der Waals surface area contributed by atoms with Crippen LogP contribution in [0, 0.1) is 34.5 Å². The Bertz CT molecular complexity index is 482. The molecule has 19 heavy (non-hydrogen) atoms. The first-order valence-electron chi connectivity index (χ1n) is 6.89. The van der Waals surface area contributed by atoms with E-state index in [-0.39, 0.29) is 0 Å². The average molecular weight is 254 g/mol. The Morgan fingerprint density at radius 1 is 0.947 bits per heavy atom. The molecule has 0 radical (unpaired) electrons. The van der Waals surface area contributed by atoms with Crippen LogP contribution >= 0.6 is 0 Å². The smallest absolute Gasteiger partial charge is 0.0991 e. The molecule has 100 valence electrons. The Morgan fingerprint density at radius 2 is 1.42 bits per heavy atom. The SMILES string of the molecule is CC(C)Cc1cc(C#N)cc(CC(C)C)c1CC#N. The van der Waals surface area contributed by atoms with Crippen LogP contribution < -0.4 is 0 Å². The molecule has 0 spiro atoms. The first-order chi connectivity index (χ1) is 8.97. The van der Waals surface area contributed by atoms with Gasteiger partial charge in [0.1, 0.15) is 0 Å². The summed E-state index contributed by atoms with van der Waals surface area (Å²) in [5.41, 5.74) is 4.20. The molecule has 0 aliphatic rings. The van der Waals surface area contributed by atoms with Crippen molar-refractivity contribution >= 4 is 0 Å². The van der Waals surface area contributed by atoms with Gasteiger partial charge in [0, 0.05) is 0 Å². The molecule has 0 aliphatic heterocycles. The second kappa shape index (κ2) is 6.95. The highest BCUT2D eigenvalue weighted by atomic mass is 14.3. The van der Waals surface area contributed by atoms with Crippen LogP contribution in [-0.4, -0.2) is 0 Å². The molecule has 0 N–H and O–H groups in total. The topological polar surface area (TPSA) is 47.6 Å². The molecule has 0 amide bonds. The van der Waals surface area contributed by atoms with Gasteiger partial charge in [0.2, 0.25) is 0 Å². The third-order valence-corrected chi connectivity index (χ3v) is 3.08. The summed E-state index contributed by atoms with van der Waals surface area (Å²) in [6.45, 7) is 8.66. The van der Waals surface area contributed by atoms with Gasteiger partial charge >= 0.3 is 0 Å². The first-order valence-corrected chi connectivity index (χ1v) is 6.89. The van der Waals surface area contributed by atoms with Crippen LogP contribution in [0.25, 0.3) is 0 Å². The van der Waals surface area contributed by atoms with Gasteiger partial charge in [-0.3, -0.25) is 0 Å². The van der Waals surface area contributed by atoms with Crippen LogP contribution in [0.5, 0.6) is 0 Å². The second-order valence-electron chi connectivity index (χ2n) is 5.92. The molecule has 0 heterocycles. The van der Waals surface area contributed by atoms with Crippen LogP contribution in [0.2, 0.25) is 0 Å². The van der Waals surface area contributed by atoms with Crippen molar-refractivity contribution in [2.24, 2.45) is 11.8 Å². The van der Waals surface area contributed by atoms with Crippen molar-refractivity contribution in [1.82, 2.24) is 0 Å². The fraction of sp³-hybridized carbons (Fsp3) is 0.529. The van der Waals surface area contributed by atoms with Crippen LogP contribution in [0.4, 0.5) is 0 Å². The fourth-order valence-corrected chi connectivity index (χ4v) is 2.41. The number of nitrogens with zero attached hydrogens (tertiary/aromatic N) is 2. The molecule has 0 unspecified atom stereocenters. The van der Waals surface area contributed by atoms with Gasteiger partial charge in [0.05, 0.1) is 24.1 Å². The van der Waals surface area contributed by atoms with Gasteiger partial charge in [0.15, 0.2) is 0 Å². The maximum Gasteiger partial charge on any atom is 0.0991 e. The molecule has 1 rings (SSSR count). The highest BCUT2D eigenvalue weighted by molar-refractivity contribution is 5.45. The van der Waals surface area contributed by atoms with Crippen molar-refractivity contribution in [3.05, 3.63) is 34.4 Å². The van der Waals surface area contributed by atoms with Crippen LogP contribution in [0.1, 0.15) is 49.9 Å². The van der Waals surface area contributed by atoms with E-state index in [0.29, 0.717) is 23.8 Å². The summed E-state index contributed by atoms with van der Waals surface area (Å²) >= 11 is 0. The summed E-state index contributed by atoms with van der Waals surface area (Å²) in [7, 11) is 0. The highest BCUT2D eigenvalue weighted by Gasteiger charge is 2.13. The van der Waals surface area contributed by atoms with E-state index < -0.39 is 0 Å². The monoisotopic (exact) mass is 254 g/mol. The molecule has 2 nitrogen and oxygen atoms in total. The van der Waals surface area contributed by atoms with E-state index in [0.717, 1.165) is 18.4 Å². The third-order valence-electron chi connectivity index (χ3n) is 3.08. The number of rotatable bonds is 5. The Hall–Kier alpha value is -1.80. The molecule has 0 fully saturated rings. The molecule has 0 saturated carbocycles. The standard InChI is InChI=1S/C17H22N2/c1-12(2)7-15-9-14(11-19)10-16(8-13(3)4)17(15)5-6-18/h9-10,12-13H,5,7-8H2,1-4H3. The minimum Gasteiger partial charge on any atom is -0.198 e. The van der Waals surface area contributed by atoms with Crippen LogP contribution in [0.15, 0.2) is 12.1 Å². The molecular formula is C17H22N2. The number of hydrogen-bond donors (Lipinski definition) is 0. The van der Waals surface area contributed by atoms with Crippen molar-refractivity contribution in [2.45, 2.75) is 47.0 Å².